The molecule has 1 unspecified atom stereocenters. The molecule has 0 saturated carbocycles. The van der Waals surface area contributed by atoms with Gasteiger partial charge < -0.3 is 4.90 Å². The lowest BCUT2D eigenvalue weighted by Gasteiger charge is -2.37. The van der Waals surface area contributed by atoms with Crippen LogP contribution < -0.4 is 0 Å². The quantitative estimate of drug-likeness (QED) is 0.841. The van der Waals surface area contributed by atoms with Gasteiger partial charge in [-0.05, 0) is 44.1 Å². The van der Waals surface area contributed by atoms with Gasteiger partial charge in [0.1, 0.15) is 5.82 Å². The van der Waals surface area contributed by atoms with Gasteiger partial charge in [0.25, 0.3) is 0 Å². The molecule has 1 aromatic carbocycles. The lowest BCUT2D eigenvalue weighted by atomic mass is 10.1. The number of carbonyl (C=O) groups excluding carboxylic acids is 1. The van der Waals surface area contributed by atoms with E-state index in [1.54, 1.807) is 6.07 Å². The summed E-state index contributed by atoms with van der Waals surface area (Å²) in [5.41, 5.74) is 1.23. The first-order valence-corrected chi connectivity index (χ1v) is 8.48. The molecule has 2 aliphatic rings. The predicted molar refractivity (Wildman–Crippen MR) is 88.6 cm³/mol. The monoisotopic (exact) mass is 330 g/mol. The molecule has 0 aliphatic carbocycles. The highest BCUT2D eigenvalue weighted by molar-refractivity contribution is 5.82. The van der Waals surface area contributed by atoms with E-state index in [1.807, 2.05) is 11.9 Å². The fourth-order valence-corrected chi connectivity index (χ4v) is 3.59. The Morgan fingerprint density at radius 2 is 2.04 bits per heavy atom. The summed E-state index contributed by atoms with van der Waals surface area (Å²) in [6, 6.07) is 6.46. The molecule has 5 nitrogen and oxygen atoms in total. The molecule has 2 saturated heterocycles. The van der Waals surface area contributed by atoms with Gasteiger partial charge in [0, 0.05) is 32.7 Å². The summed E-state index contributed by atoms with van der Waals surface area (Å²) in [7, 11) is 2.02. The van der Waals surface area contributed by atoms with Crippen molar-refractivity contribution in [1.82, 2.24) is 14.7 Å². The second kappa shape index (κ2) is 7.29. The average molecular weight is 330 g/mol. The first-order valence-electron chi connectivity index (χ1n) is 8.48. The molecule has 2 aliphatic heterocycles. The van der Waals surface area contributed by atoms with Gasteiger partial charge in [0.15, 0.2) is 0 Å². The molecular formula is C18H23FN4O. The summed E-state index contributed by atoms with van der Waals surface area (Å²) in [4.78, 5) is 18.9. The zero-order valence-corrected chi connectivity index (χ0v) is 14.0. The number of halogens is 1. The Morgan fingerprint density at radius 3 is 2.67 bits per heavy atom. The number of hydrogen-bond acceptors (Lipinski definition) is 4. The Balaban J connectivity index is 1.56. The molecule has 2 heterocycles. The van der Waals surface area contributed by atoms with Crippen molar-refractivity contribution in [3.8, 4) is 6.07 Å². The van der Waals surface area contributed by atoms with Gasteiger partial charge in [-0.3, -0.25) is 14.6 Å². The van der Waals surface area contributed by atoms with Crippen LogP contribution in [0.2, 0.25) is 0 Å². The average Bonchev–Trinajstić information content (AvgIpc) is 3.02. The zero-order valence-electron chi connectivity index (χ0n) is 14.0. The lowest BCUT2D eigenvalue weighted by Crippen LogP contribution is -2.52. The SMILES string of the molecule is CN1CCCC1C(=O)N1CCN(Cc2ccc(F)cc2C#N)CC1. The van der Waals surface area contributed by atoms with E-state index in [1.165, 1.54) is 12.1 Å². The molecule has 0 N–H and O–H groups in total. The van der Waals surface area contributed by atoms with Gasteiger partial charge in [0.2, 0.25) is 5.91 Å². The predicted octanol–water partition coefficient (Wildman–Crippen LogP) is 1.44. The van der Waals surface area contributed by atoms with E-state index in [2.05, 4.69) is 15.9 Å². The molecule has 0 aromatic heterocycles. The van der Waals surface area contributed by atoms with Crippen LogP contribution >= 0.6 is 0 Å². The molecular weight excluding hydrogens is 307 g/mol. The van der Waals surface area contributed by atoms with Crippen LogP contribution in [0.25, 0.3) is 0 Å². The minimum atomic E-state index is -0.383. The van der Waals surface area contributed by atoms with Crippen LogP contribution in [-0.4, -0.2) is 66.4 Å². The number of piperazine rings is 1. The van der Waals surface area contributed by atoms with E-state index in [4.69, 9.17) is 5.26 Å². The number of benzene rings is 1. The molecule has 0 spiro atoms. The second-order valence-electron chi connectivity index (χ2n) is 6.65. The van der Waals surface area contributed by atoms with Gasteiger partial charge in [-0.1, -0.05) is 6.07 Å². The van der Waals surface area contributed by atoms with Crippen molar-refractivity contribution in [2.75, 3.05) is 39.8 Å². The van der Waals surface area contributed by atoms with Crippen molar-refractivity contribution in [1.29, 1.82) is 5.26 Å². The number of carbonyl (C=O) groups is 1. The molecule has 24 heavy (non-hydrogen) atoms. The largest absolute Gasteiger partial charge is 0.339 e. The molecule has 1 atom stereocenters. The maximum Gasteiger partial charge on any atom is 0.240 e. The number of likely N-dealkylation sites (tertiary alicyclic amines) is 1. The number of hydrogen-bond donors (Lipinski definition) is 0. The van der Waals surface area contributed by atoms with Crippen LogP contribution in [0.3, 0.4) is 0 Å². The Bertz CT molecular complexity index is 649. The minimum Gasteiger partial charge on any atom is -0.339 e. The molecule has 1 amide bonds. The Kier molecular flexibility index (Phi) is 5.12. The first-order chi connectivity index (χ1) is 11.6. The highest BCUT2D eigenvalue weighted by Crippen LogP contribution is 2.19. The minimum absolute atomic E-state index is 0.0406. The number of nitrogens with zero attached hydrogens (tertiary/aromatic N) is 4. The van der Waals surface area contributed by atoms with Crippen LogP contribution in [0.15, 0.2) is 18.2 Å². The lowest BCUT2D eigenvalue weighted by molar-refractivity contribution is -0.137. The Labute approximate surface area is 142 Å². The van der Waals surface area contributed by atoms with Gasteiger partial charge >= 0.3 is 0 Å². The van der Waals surface area contributed by atoms with Crippen LogP contribution in [-0.2, 0) is 11.3 Å². The van der Waals surface area contributed by atoms with Crippen molar-refractivity contribution in [3.05, 3.63) is 35.1 Å². The maximum absolute atomic E-state index is 13.2. The molecule has 6 heteroatoms. The van der Waals surface area contributed by atoms with E-state index in [0.29, 0.717) is 25.2 Å². The summed E-state index contributed by atoms with van der Waals surface area (Å²) >= 11 is 0. The van der Waals surface area contributed by atoms with Gasteiger partial charge in [-0.25, -0.2) is 4.39 Å². The molecule has 2 fully saturated rings. The molecule has 3 rings (SSSR count). The fraction of sp³-hybridized carbons (Fsp3) is 0.556. The van der Waals surface area contributed by atoms with Crippen LogP contribution in [0.4, 0.5) is 4.39 Å². The second-order valence-corrected chi connectivity index (χ2v) is 6.65. The van der Waals surface area contributed by atoms with E-state index >= 15 is 0 Å². The third kappa shape index (κ3) is 3.58. The summed E-state index contributed by atoms with van der Waals surface area (Å²) in [5, 5.41) is 9.14. The number of nitriles is 1. The molecule has 0 radical (unpaired) electrons. The molecule has 128 valence electrons. The summed E-state index contributed by atoms with van der Waals surface area (Å²) in [6.45, 7) is 4.61. The number of likely N-dealkylation sites (N-methyl/N-ethyl adjacent to an activating group) is 1. The van der Waals surface area contributed by atoms with Gasteiger partial charge in [0.05, 0.1) is 17.7 Å². The zero-order chi connectivity index (χ0) is 17.1. The van der Waals surface area contributed by atoms with Crippen molar-refractivity contribution in [2.45, 2.75) is 25.4 Å². The Hall–Kier alpha value is -1.97. The van der Waals surface area contributed by atoms with E-state index < -0.39 is 0 Å². The van der Waals surface area contributed by atoms with E-state index in [0.717, 1.165) is 38.0 Å². The first kappa shape index (κ1) is 16.9. The number of rotatable bonds is 3. The normalized spacial score (nSPS) is 22.5. The highest BCUT2D eigenvalue weighted by Gasteiger charge is 2.32. The highest BCUT2D eigenvalue weighted by atomic mass is 19.1. The Morgan fingerprint density at radius 1 is 1.29 bits per heavy atom. The third-order valence-corrected chi connectivity index (χ3v) is 5.08. The number of amides is 1. The van der Waals surface area contributed by atoms with Crippen molar-refractivity contribution >= 4 is 5.91 Å². The third-order valence-electron chi connectivity index (χ3n) is 5.08. The van der Waals surface area contributed by atoms with Crippen molar-refractivity contribution in [2.24, 2.45) is 0 Å². The standard InChI is InChI=1S/C18H23FN4O/c1-21-6-2-3-17(21)18(24)23-9-7-22(8-10-23)13-14-4-5-16(19)11-15(14)12-20/h4-5,11,17H,2-3,6-10,13H2,1H3. The fourth-order valence-electron chi connectivity index (χ4n) is 3.59. The van der Waals surface area contributed by atoms with Crippen LogP contribution in [0.5, 0.6) is 0 Å². The molecule has 0 bridgehead atoms. The molecule has 1 aromatic rings. The maximum atomic E-state index is 13.2. The van der Waals surface area contributed by atoms with E-state index in [9.17, 15) is 9.18 Å². The van der Waals surface area contributed by atoms with Crippen molar-refractivity contribution in [3.63, 3.8) is 0 Å². The van der Waals surface area contributed by atoms with Crippen LogP contribution in [0.1, 0.15) is 24.0 Å². The van der Waals surface area contributed by atoms with E-state index in [-0.39, 0.29) is 17.8 Å². The summed E-state index contributed by atoms with van der Waals surface area (Å²) in [6.07, 6.45) is 2.05. The van der Waals surface area contributed by atoms with Crippen LogP contribution in [0, 0.1) is 17.1 Å². The van der Waals surface area contributed by atoms with Crippen molar-refractivity contribution < 1.29 is 9.18 Å². The van der Waals surface area contributed by atoms with Gasteiger partial charge in [-0.2, -0.15) is 5.26 Å². The van der Waals surface area contributed by atoms with Gasteiger partial charge in [-0.15, -0.1) is 0 Å². The summed E-state index contributed by atoms with van der Waals surface area (Å²) in [5.74, 6) is -0.138. The topological polar surface area (TPSA) is 50.6 Å². The smallest absolute Gasteiger partial charge is 0.240 e. The summed E-state index contributed by atoms with van der Waals surface area (Å²) < 4.78 is 13.2.